The van der Waals surface area contributed by atoms with Crippen LogP contribution in [0.5, 0.6) is 0 Å². The van der Waals surface area contributed by atoms with Gasteiger partial charge in [0.15, 0.2) is 0 Å². The minimum atomic E-state index is 0.231. The number of aryl methyl sites for hydroxylation is 1. The molecule has 1 aromatic carbocycles. The van der Waals surface area contributed by atoms with Gasteiger partial charge in [0.2, 0.25) is 5.28 Å². The van der Waals surface area contributed by atoms with Crippen molar-refractivity contribution in [3.05, 3.63) is 41.3 Å². The van der Waals surface area contributed by atoms with Gasteiger partial charge >= 0.3 is 0 Å². The smallest absolute Gasteiger partial charge is 0.224 e. The summed E-state index contributed by atoms with van der Waals surface area (Å²) in [5.41, 5.74) is 8.66. The van der Waals surface area contributed by atoms with Crippen molar-refractivity contribution >= 4 is 28.8 Å². The SMILES string of the molecule is Cc1ccc(N(C)c2ccnc(Cl)n2)cc1N. The summed E-state index contributed by atoms with van der Waals surface area (Å²) in [5, 5.41) is 0.231. The third-order valence-corrected chi connectivity index (χ3v) is 2.79. The second-order valence-corrected chi connectivity index (χ2v) is 4.12. The number of nitrogens with two attached hydrogens (primary N) is 1. The molecule has 0 radical (unpaired) electrons. The molecule has 2 rings (SSSR count). The molecule has 0 fully saturated rings. The molecule has 0 unspecified atom stereocenters. The molecule has 0 amide bonds. The van der Waals surface area contributed by atoms with E-state index in [2.05, 4.69) is 9.97 Å². The van der Waals surface area contributed by atoms with Crippen molar-refractivity contribution in [3.63, 3.8) is 0 Å². The third-order valence-electron chi connectivity index (χ3n) is 2.61. The van der Waals surface area contributed by atoms with Gasteiger partial charge in [0, 0.05) is 24.6 Å². The van der Waals surface area contributed by atoms with Gasteiger partial charge in [0.25, 0.3) is 0 Å². The van der Waals surface area contributed by atoms with Gasteiger partial charge < -0.3 is 10.6 Å². The van der Waals surface area contributed by atoms with E-state index in [9.17, 15) is 0 Å². The van der Waals surface area contributed by atoms with Crippen LogP contribution >= 0.6 is 11.6 Å². The average molecular weight is 249 g/mol. The van der Waals surface area contributed by atoms with Crippen molar-refractivity contribution in [2.45, 2.75) is 6.92 Å². The van der Waals surface area contributed by atoms with E-state index in [1.807, 2.05) is 37.1 Å². The predicted molar refractivity (Wildman–Crippen MR) is 70.7 cm³/mol. The molecule has 0 aliphatic carbocycles. The van der Waals surface area contributed by atoms with E-state index < -0.39 is 0 Å². The van der Waals surface area contributed by atoms with Gasteiger partial charge in [-0.1, -0.05) is 6.07 Å². The molecule has 2 aromatic rings. The number of halogens is 1. The average Bonchev–Trinajstić information content (AvgIpc) is 2.32. The molecule has 0 saturated carbocycles. The van der Waals surface area contributed by atoms with Gasteiger partial charge in [-0.2, -0.15) is 0 Å². The Labute approximate surface area is 105 Å². The summed E-state index contributed by atoms with van der Waals surface area (Å²) in [6, 6.07) is 7.67. The molecule has 0 spiro atoms. The van der Waals surface area contributed by atoms with E-state index in [1.54, 1.807) is 12.3 Å². The van der Waals surface area contributed by atoms with Gasteiger partial charge in [-0.05, 0) is 42.3 Å². The summed E-state index contributed by atoms with van der Waals surface area (Å²) >= 11 is 5.76. The molecule has 0 bridgehead atoms. The number of nitrogen functional groups attached to an aromatic ring is 1. The Hall–Kier alpha value is -1.81. The number of benzene rings is 1. The summed E-state index contributed by atoms with van der Waals surface area (Å²) in [6.07, 6.45) is 1.62. The quantitative estimate of drug-likeness (QED) is 0.656. The number of anilines is 3. The summed E-state index contributed by atoms with van der Waals surface area (Å²) < 4.78 is 0. The first-order valence-electron chi connectivity index (χ1n) is 5.16. The van der Waals surface area contributed by atoms with Crippen molar-refractivity contribution in [2.24, 2.45) is 0 Å². The molecule has 1 heterocycles. The van der Waals surface area contributed by atoms with Crippen LogP contribution in [0.3, 0.4) is 0 Å². The van der Waals surface area contributed by atoms with Gasteiger partial charge in [0.1, 0.15) is 5.82 Å². The standard InChI is InChI=1S/C12H13ClN4/c1-8-3-4-9(7-10(8)14)17(2)11-5-6-15-12(13)16-11/h3-7H,14H2,1-2H3. The minimum absolute atomic E-state index is 0.231. The largest absolute Gasteiger partial charge is 0.398 e. The lowest BCUT2D eigenvalue weighted by Gasteiger charge is -2.19. The molecule has 5 heteroatoms. The highest BCUT2D eigenvalue weighted by Gasteiger charge is 2.07. The molecular formula is C12H13ClN4. The number of nitrogens with zero attached hydrogens (tertiary/aromatic N) is 3. The first kappa shape index (κ1) is 11.7. The molecule has 2 N–H and O–H groups in total. The van der Waals surface area contributed by atoms with E-state index in [0.29, 0.717) is 0 Å². The van der Waals surface area contributed by atoms with Crippen LogP contribution < -0.4 is 10.6 Å². The van der Waals surface area contributed by atoms with Crippen molar-refractivity contribution in [3.8, 4) is 0 Å². The molecule has 17 heavy (non-hydrogen) atoms. The minimum Gasteiger partial charge on any atom is -0.398 e. The molecule has 4 nitrogen and oxygen atoms in total. The van der Waals surface area contributed by atoms with Crippen LogP contribution in [0.15, 0.2) is 30.5 Å². The lowest BCUT2D eigenvalue weighted by Crippen LogP contribution is -2.11. The Morgan fingerprint density at radius 1 is 1.29 bits per heavy atom. The van der Waals surface area contributed by atoms with Crippen molar-refractivity contribution in [1.29, 1.82) is 0 Å². The highest BCUT2D eigenvalue weighted by atomic mass is 35.5. The summed E-state index contributed by atoms with van der Waals surface area (Å²) in [4.78, 5) is 9.90. The second kappa shape index (κ2) is 4.59. The number of aromatic nitrogens is 2. The van der Waals surface area contributed by atoms with Crippen LogP contribution in [-0.2, 0) is 0 Å². The van der Waals surface area contributed by atoms with Crippen molar-refractivity contribution < 1.29 is 0 Å². The topological polar surface area (TPSA) is 55.0 Å². The summed E-state index contributed by atoms with van der Waals surface area (Å²) in [6.45, 7) is 1.97. The van der Waals surface area contributed by atoms with Crippen LogP contribution in [-0.4, -0.2) is 17.0 Å². The fourth-order valence-electron chi connectivity index (χ4n) is 1.48. The third kappa shape index (κ3) is 2.47. The molecule has 0 aliphatic rings. The number of rotatable bonds is 2. The highest BCUT2D eigenvalue weighted by molar-refractivity contribution is 6.28. The van der Waals surface area contributed by atoms with Crippen molar-refractivity contribution in [1.82, 2.24) is 9.97 Å². The predicted octanol–water partition coefficient (Wildman–Crippen LogP) is 2.79. The lowest BCUT2D eigenvalue weighted by molar-refractivity contribution is 1.08. The monoisotopic (exact) mass is 248 g/mol. The Morgan fingerprint density at radius 3 is 2.71 bits per heavy atom. The zero-order valence-electron chi connectivity index (χ0n) is 9.68. The Bertz CT molecular complexity index is 542. The van der Waals surface area contributed by atoms with Gasteiger partial charge in [0.05, 0.1) is 0 Å². The molecule has 88 valence electrons. The Kier molecular flexibility index (Phi) is 3.15. The fraction of sp³-hybridized carbons (Fsp3) is 0.167. The maximum Gasteiger partial charge on any atom is 0.224 e. The first-order chi connectivity index (χ1) is 8.08. The van der Waals surface area contributed by atoms with Crippen LogP contribution in [0.1, 0.15) is 5.56 Å². The highest BCUT2D eigenvalue weighted by Crippen LogP contribution is 2.25. The molecule has 0 saturated heterocycles. The molecule has 1 aromatic heterocycles. The van der Waals surface area contributed by atoms with Crippen LogP contribution in [0, 0.1) is 6.92 Å². The number of hydrogen-bond donors (Lipinski definition) is 1. The number of hydrogen-bond acceptors (Lipinski definition) is 4. The van der Waals surface area contributed by atoms with Crippen LogP contribution in [0.4, 0.5) is 17.2 Å². The normalized spacial score (nSPS) is 10.3. The van der Waals surface area contributed by atoms with E-state index in [1.165, 1.54) is 0 Å². The lowest BCUT2D eigenvalue weighted by atomic mass is 10.2. The van der Waals surface area contributed by atoms with E-state index in [0.717, 1.165) is 22.8 Å². The summed E-state index contributed by atoms with van der Waals surface area (Å²) in [7, 11) is 1.91. The first-order valence-corrected chi connectivity index (χ1v) is 5.54. The van der Waals surface area contributed by atoms with Crippen LogP contribution in [0.25, 0.3) is 0 Å². The van der Waals surface area contributed by atoms with E-state index in [4.69, 9.17) is 17.3 Å². The van der Waals surface area contributed by atoms with Gasteiger partial charge in [-0.25, -0.2) is 9.97 Å². The van der Waals surface area contributed by atoms with Gasteiger partial charge in [-0.3, -0.25) is 0 Å². The fourth-order valence-corrected chi connectivity index (χ4v) is 1.62. The van der Waals surface area contributed by atoms with Gasteiger partial charge in [-0.15, -0.1) is 0 Å². The van der Waals surface area contributed by atoms with E-state index in [-0.39, 0.29) is 5.28 Å². The summed E-state index contributed by atoms with van der Waals surface area (Å²) in [5.74, 6) is 0.730. The Morgan fingerprint density at radius 2 is 2.06 bits per heavy atom. The maximum atomic E-state index is 5.88. The molecular weight excluding hydrogens is 236 g/mol. The molecule has 0 atom stereocenters. The van der Waals surface area contributed by atoms with Crippen LogP contribution in [0.2, 0.25) is 5.28 Å². The van der Waals surface area contributed by atoms with E-state index >= 15 is 0 Å². The zero-order chi connectivity index (χ0) is 12.4. The van der Waals surface area contributed by atoms with Crippen molar-refractivity contribution in [2.75, 3.05) is 17.7 Å². The zero-order valence-corrected chi connectivity index (χ0v) is 10.4. The Balaban J connectivity index is 2.36. The molecule has 0 aliphatic heterocycles. The maximum absolute atomic E-state index is 5.88. The second-order valence-electron chi connectivity index (χ2n) is 3.78.